The Hall–Kier alpha value is -1.62. The Morgan fingerprint density at radius 2 is 2.05 bits per heavy atom. The molecule has 0 bridgehead atoms. The zero-order valence-electron chi connectivity index (χ0n) is 11.1. The molecule has 0 spiro atoms. The molecule has 1 saturated carbocycles. The highest BCUT2D eigenvalue weighted by atomic mass is 35.5. The fourth-order valence-corrected chi connectivity index (χ4v) is 2.83. The van der Waals surface area contributed by atoms with Crippen LogP contribution in [0, 0.1) is 5.92 Å². The molecular weight excluding hydrogens is 278 g/mol. The van der Waals surface area contributed by atoms with E-state index in [9.17, 15) is 9.59 Å². The molecule has 2 rings (SSSR count). The molecule has 1 fully saturated rings. The van der Waals surface area contributed by atoms with Gasteiger partial charge < -0.3 is 11.1 Å². The second-order valence-electron chi connectivity index (χ2n) is 5.08. The first-order valence-electron chi connectivity index (χ1n) is 6.79. The lowest BCUT2D eigenvalue weighted by Crippen LogP contribution is -2.45. The van der Waals surface area contributed by atoms with Crippen molar-refractivity contribution in [2.24, 2.45) is 11.7 Å². The highest BCUT2D eigenvalue weighted by molar-refractivity contribution is 6.33. The fourth-order valence-electron chi connectivity index (χ4n) is 2.63. The number of primary amides is 1. The third-order valence-electron chi connectivity index (χ3n) is 3.71. The van der Waals surface area contributed by atoms with Gasteiger partial charge in [0.25, 0.3) is 5.91 Å². The van der Waals surface area contributed by atoms with Crippen molar-refractivity contribution in [1.82, 2.24) is 10.3 Å². The van der Waals surface area contributed by atoms with Crippen molar-refractivity contribution in [2.45, 2.75) is 38.1 Å². The van der Waals surface area contributed by atoms with Crippen LogP contribution < -0.4 is 11.1 Å². The summed E-state index contributed by atoms with van der Waals surface area (Å²) in [6.45, 7) is 0. The van der Waals surface area contributed by atoms with Crippen LogP contribution in [0.15, 0.2) is 18.5 Å². The lowest BCUT2D eigenvalue weighted by atomic mass is 9.94. The highest BCUT2D eigenvalue weighted by Crippen LogP contribution is 2.24. The van der Waals surface area contributed by atoms with E-state index < -0.39 is 0 Å². The van der Waals surface area contributed by atoms with Crippen LogP contribution in [0.1, 0.15) is 42.5 Å². The van der Waals surface area contributed by atoms with E-state index in [0.29, 0.717) is 10.6 Å². The van der Waals surface area contributed by atoms with Crippen molar-refractivity contribution in [3.8, 4) is 0 Å². The molecule has 0 unspecified atom stereocenters. The first kappa shape index (κ1) is 14.8. The topological polar surface area (TPSA) is 85.1 Å². The number of nitrogens with two attached hydrogens (primary N) is 1. The van der Waals surface area contributed by atoms with Crippen LogP contribution in [-0.4, -0.2) is 22.8 Å². The Morgan fingerprint density at radius 3 is 2.75 bits per heavy atom. The van der Waals surface area contributed by atoms with Gasteiger partial charge in [-0.1, -0.05) is 30.9 Å². The van der Waals surface area contributed by atoms with E-state index in [1.165, 1.54) is 12.4 Å². The Labute approximate surface area is 122 Å². The van der Waals surface area contributed by atoms with Crippen LogP contribution in [0.4, 0.5) is 0 Å². The molecule has 3 N–H and O–H groups in total. The fraction of sp³-hybridized carbons (Fsp3) is 0.500. The van der Waals surface area contributed by atoms with Gasteiger partial charge >= 0.3 is 0 Å². The third kappa shape index (κ3) is 3.48. The van der Waals surface area contributed by atoms with E-state index in [1.54, 1.807) is 6.07 Å². The molecule has 20 heavy (non-hydrogen) atoms. The van der Waals surface area contributed by atoms with Gasteiger partial charge in [0.1, 0.15) is 0 Å². The van der Waals surface area contributed by atoms with Gasteiger partial charge in [-0.25, -0.2) is 0 Å². The van der Waals surface area contributed by atoms with Crippen molar-refractivity contribution >= 4 is 23.4 Å². The van der Waals surface area contributed by atoms with Gasteiger partial charge in [0.05, 0.1) is 16.5 Å². The van der Waals surface area contributed by atoms with Gasteiger partial charge in [0.15, 0.2) is 0 Å². The largest absolute Gasteiger partial charge is 0.369 e. The van der Waals surface area contributed by atoms with E-state index in [1.807, 2.05) is 0 Å². The molecule has 1 aliphatic carbocycles. The van der Waals surface area contributed by atoms with Gasteiger partial charge in [0, 0.05) is 18.4 Å². The summed E-state index contributed by atoms with van der Waals surface area (Å²) in [4.78, 5) is 27.6. The molecule has 2 amide bonds. The normalized spacial score (nSPS) is 22.9. The maximum Gasteiger partial charge on any atom is 0.253 e. The predicted octanol–water partition coefficient (Wildman–Crippen LogP) is 1.90. The minimum atomic E-state index is -0.349. The van der Waals surface area contributed by atoms with Crippen molar-refractivity contribution < 1.29 is 9.59 Å². The Balaban J connectivity index is 2.12. The molecule has 108 valence electrons. The summed E-state index contributed by atoms with van der Waals surface area (Å²) in [6, 6.07) is 1.35. The van der Waals surface area contributed by atoms with Crippen LogP contribution in [-0.2, 0) is 4.79 Å². The average molecular weight is 296 g/mol. The lowest BCUT2D eigenvalue weighted by Gasteiger charge is -2.23. The lowest BCUT2D eigenvalue weighted by molar-refractivity contribution is -0.122. The number of rotatable bonds is 3. The molecule has 1 aromatic heterocycles. The van der Waals surface area contributed by atoms with Crippen LogP contribution in [0.5, 0.6) is 0 Å². The molecule has 2 atom stereocenters. The molecule has 1 aromatic rings. The predicted molar refractivity (Wildman–Crippen MR) is 76.3 cm³/mol. The summed E-state index contributed by atoms with van der Waals surface area (Å²) in [5.74, 6) is -0.935. The van der Waals surface area contributed by atoms with E-state index in [4.69, 9.17) is 17.3 Å². The molecule has 1 heterocycles. The number of nitrogens with one attached hydrogen (secondary N) is 1. The second-order valence-corrected chi connectivity index (χ2v) is 5.49. The molecule has 0 aliphatic heterocycles. The van der Waals surface area contributed by atoms with Crippen LogP contribution in [0.25, 0.3) is 0 Å². The molecular formula is C14H18ClN3O2. The standard InChI is InChI=1S/C14H18ClN3O2/c15-11-8-17-7-6-9(11)14(20)18-12-5-3-1-2-4-10(12)13(16)19/h6-8,10,12H,1-5H2,(H2,16,19)(H,18,20)/t10-,12+/m1/s1. The number of carbonyl (C=O) groups is 2. The minimum absolute atomic E-state index is 0.216. The number of halogens is 1. The van der Waals surface area contributed by atoms with Crippen molar-refractivity contribution in [3.63, 3.8) is 0 Å². The Morgan fingerprint density at radius 1 is 1.30 bits per heavy atom. The first-order valence-corrected chi connectivity index (χ1v) is 7.17. The average Bonchev–Trinajstić information content (AvgIpc) is 2.64. The Bertz CT molecular complexity index is 507. The molecule has 0 aromatic carbocycles. The van der Waals surface area contributed by atoms with Crippen molar-refractivity contribution in [2.75, 3.05) is 0 Å². The van der Waals surface area contributed by atoms with Crippen LogP contribution in [0.2, 0.25) is 5.02 Å². The maximum atomic E-state index is 12.2. The van der Waals surface area contributed by atoms with Gasteiger partial charge in [-0.15, -0.1) is 0 Å². The number of nitrogens with zero attached hydrogens (tertiary/aromatic N) is 1. The number of pyridine rings is 1. The molecule has 5 nitrogen and oxygen atoms in total. The van der Waals surface area contributed by atoms with Gasteiger partial charge in [-0.2, -0.15) is 0 Å². The highest BCUT2D eigenvalue weighted by Gasteiger charge is 2.29. The van der Waals surface area contributed by atoms with Crippen molar-refractivity contribution in [1.29, 1.82) is 0 Å². The smallest absolute Gasteiger partial charge is 0.253 e. The van der Waals surface area contributed by atoms with Crippen LogP contribution >= 0.6 is 11.6 Å². The van der Waals surface area contributed by atoms with Gasteiger partial charge in [0.2, 0.25) is 5.91 Å². The van der Waals surface area contributed by atoms with Gasteiger partial charge in [-0.05, 0) is 18.9 Å². The summed E-state index contributed by atoms with van der Waals surface area (Å²) < 4.78 is 0. The summed E-state index contributed by atoms with van der Waals surface area (Å²) in [5, 5.41) is 3.20. The maximum absolute atomic E-state index is 12.2. The number of carbonyl (C=O) groups excluding carboxylic acids is 2. The van der Waals surface area contributed by atoms with Crippen LogP contribution in [0.3, 0.4) is 0 Å². The molecule has 1 aliphatic rings. The zero-order chi connectivity index (χ0) is 14.5. The summed E-state index contributed by atoms with van der Waals surface area (Å²) in [5.41, 5.74) is 5.81. The monoisotopic (exact) mass is 295 g/mol. The van der Waals surface area contributed by atoms with Gasteiger partial charge in [-0.3, -0.25) is 14.6 Å². The number of aromatic nitrogens is 1. The zero-order valence-corrected chi connectivity index (χ0v) is 11.9. The molecule has 0 radical (unpaired) electrons. The van der Waals surface area contributed by atoms with E-state index in [2.05, 4.69) is 10.3 Å². The number of hydrogen-bond donors (Lipinski definition) is 2. The second kappa shape index (κ2) is 6.70. The number of hydrogen-bond acceptors (Lipinski definition) is 3. The summed E-state index contributed by atoms with van der Waals surface area (Å²) in [7, 11) is 0. The minimum Gasteiger partial charge on any atom is -0.369 e. The Kier molecular flexibility index (Phi) is 4.95. The summed E-state index contributed by atoms with van der Waals surface area (Å²) in [6.07, 6.45) is 7.45. The molecule has 6 heteroatoms. The summed E-state index contributed by atoms with van der Waals surface area (Å²) >= 11 is 5.95. The van der Waals surface area contributed by atoms with E-state index >= 15 is 0 Å². The quantitative estimate of drug-likeness (QED) is 0.835. The first-order chi connectivity index (χ1) is 9.59. The molecule has 0 saturated heterocycles. The SMILES string of the molecule is NC(=O)[C@@H]1CCCCC[C@@H]1NC(=O)c1ccncc1Cl. The third-order valence-corrected chi connectivity index (χ3v) is 4.02. The van der Waals surface area contributed by atoms with Crippen molar-refractivity contribution in [3.05, 3.63) is 29.0 Å². The van der Waals surface area contributed by atoms with E-state index in [0.717, 1.165) is 32.1 Å². The number of amides is 2. The van der Waals surface area contributed by atoms with E-state index in [-0.39, 0.29) is 23.8 Å².